The molecule has 0 aromatic rings. The minimum Gasteiger partial charge on any atom is -0.210 e. The van der Waals surface area contributed by atoms with E-state index >= 15 is 0 Å². The van der Waals surface area contributed by atoms with Gasteiger partial charge in [-0.1, -0.05) is 0 Å². The Balaban J connectivity index is 2.85. The Bertz CT molecular complexity index is 152. The molecule has 0 amide bonds. The molecule has 0 saturated carbocycles. The maximum absolute atomic E-state index is 11.5. The zero-order valence-corrected chi connectivity index (χ0v) is 5.40. The quantitative estimate of drug-likeness (QED) is 0.481. The van der Waals surface area contributed by atoms with Crippen molar-refractivity contribution in [1.82, 2.24) is 4.89 Å². The van der Waals surface area contributed by atoms with Crippen molar-refractivity contribution in [3.63, 3.8) is 0 Å². The van der Waals surface area contributed by atoms with Crippen LogP contribution >= 0.6 is 10.5 Å². The second kappa shape index (κ2) is 1.96. The summed E-state index contributed by atoms with van der Waals surface area (Å²) in [5.74, 6) is 0. The summed E-state index contributed by atoms with van der Waals surface area (Å²) in [4.78, 5) is 0.861. The molecule has 1 aliphatic rings. The SMILES string of the molecule is FC(F)(F)S1(C(F)(F)F)NO1. The van der Waals surface area contributed by atoms with Gasteiger partial charge in [0.05, 0.1) is 0 Å². The average Bonchev–Trinajstić information content (AvgIpc) is 2.31. The first-order valence-corrected chi connectivity index (χ1v) is 3.68. The van der Waals surface area contributed by atoms with Crippen LogP contribution in [0, 0.1) is 0 Å². The Morgan fingerprint density at radius 3 is 1.18 bits per heavy atom. The van der Waals surface area contributed by atoms with Crippen molar-refractivity contribution < 1.29 is 30.6 Å². The highest BCUT2D eigenvalue weighted by Crippen LogP contribution is 2.77. The number of halogens is 6. The Labute approximate surface area is 58.1 Å². The van der Waals surface area contributed by atoms with Crippen LogP contribution < -0.4 is 4.89 Å². The number of alkyl halides is 6. The summed E-state index contributed by atoms with van der Waals surface area (Å²) < 4.78 is 72.3. The smallest absolute Gasteiger partial charge is 0.210 e. The van der Waals surface area contributed by atoms with Gasteiger partial charge in [0.25, 0.3) is 0 Å². The fraction of sp³-hybridized carbons (Fsp3) is 1.00. The third-order valence-electron chi connectivity index (χ3n) is 0.902. The van der Waals surface area contributed by atoms with Gasteiger partial charge in [0.1, 0.15) is 0 Å². The number of hydrogen-bond donors (Lipinski definition) is 1. The van der Waals surface area contributed by atoms with E-state index in [1.807, 2.05) is 0 Å². The molecule has 1 saturated heterocycles. The van der Waals surface area contributed by atoms with Crippen LogP contribution in [-0.2, 0) is 4.28 Å². The van der Waals surface area contributed by atoms with Gasteiger partial charge in [-0.3, -0.25) is 0 Å². The lowest BCUT2D eigenvalue weighted by Crippen LogP contribution is -2.25. The molecule has 0 aromatic carbocycles. The molecule has 1 rings (SSSR count). The molecule has 2 nitrogen and oxygen atoms in total. The van der Waals surface area contributed by atoms with Gasteiger partial charge in [0, 0.05) is 0 Å². The largest absolute Gasteiger partial charge is 0.471 e. The van der Waals surface area contributed by atoms with Crippen molar-refractivity contribution in [3.8, 4) is 0 Å². The third-order valence-corrected chi connectivity index (χ3v) is 2.71. The zero-order chi connectivity index (χ0) is 8.91. The van der Waals surface area contributed by atoms with Crippen LogP contribution in [0.15, 0.2) is 0 Å². The molecule has 68 valence electrons. The monoisotopic (exact) mass is 201 g/mol. The van der Waals surface area contributed by atoms with Gasteiger partial charge in [-0.05, 0) is 0 Å². The van der Waals surface area contributed by atoms with E-state index in [9.17, 15) is 26.3 Å². The minimum absolute atomic E-state index is 0.861. The highest BCUT2D eigenvalue weighted by atomic mass is 32.3. The Hall–Kier alpha value is -0.150. The number of nitrogens with one attached hydrogen (secondary N) is 1. The third kappa shape index (κ3) is 1.16. The molecule has 0 aliphatic carbocycles. The fourth-order valence-electron chi connectivity index (χ4n) is 0.354. The molecule has 0 atom stereocenters. The van der Waals surface area contributed by atoms with Crippen molar-refractivity contribution in [2.75, 3.05) is 0 Å². The molecule has 0 aromatic heterocycles. The highest BCUT2D eigenvalue weighted by Gasteiger charge is 2.77. The molecule has 1 heterocycles. The minimum atomic E-state index is -5.38. The van der Waals surface area contributed by atoms with Crippen molar-refractivity contribution in [1.29, 1.82) is 0 Å². The maximum atomic E-state index is 11.5. The van der Waals surface area contributed by atoms with Crippen LogP contribution in [-0.4, -0.2) is 11.0 Å². The van der Waals surface area contributed by atoms with Gasteiger partial charge in [0.15, 0.2) is 10.5 Å². The van der Waals surface area contributed by atoms with Gasteiger partial charge < -0.3 is 0 Å². The van der Waals surface area contributed by atoms with Crippen LogP contribution in [0.1, 0.15) is 0 Å². The molecule has 0 bridgehead atoms. The van der Waals surface area contributed by atoms with Crippen LogP contribution in [0.2, 0.25) is 0 Å². The predicted octanol–water partition coefficient (Wildman–Crippen LogP) is 2.20. The number of rotatable bonds is 0. The maximum Gasteiger partial charge on any atom is 0.471 e. The predicted molar refractivity (Wildman–Crippen MR) is 23.9 cm³/mol. The van der Waals surface area contributed by atoms with Crippen molar-refractivity contribution in [2.24, 2.45) is 0 Å². The molecule has 9 heteroatoms. The topological polar surface area (TPSA) is 34.5 Å². The molecular weight excluding hydrogens is 200 g/mol. The first-order valence-electron chi connectivity index (χ1n) is 2.12. The zero-order valence-electron chi connectivity index (χ0n) is 4.58. The van der Waals surface area contributed by atoms with Crippen molar-refractivity contribution >= 4 is 10.5 Å². The second-order valence-corrected chi connectivity index (χ2v) is 3.99. The van der Waals surface area contributed by atoms with Gasteiger partial charge >= 0.3 is 11.0 Å². The first kappa shape index (κ1) is 8.94. The Morgan fingerprint density at radius 1 is 0.909 bits per heavy atom. The highest BCUT2D eigenvalue weighted by molar-refractivity contribution is 8.33. The summed E-state index contributed by atoms with van der Waals surface area (Å²) >= 11 is 0. The molecule has 0 spiro atoms. The van der Waals surface area contributed by atoms with Crippen molar-refractivity contribution in [2.45, 2.75) is 11.0 Å². The van der Waals surface area contributed by atoms with Gasteiger partial charge in [-0.15, -0.1) is 4.89 Å². The molecule has 1 fully saturated rings. The van der Waals surface area contributed by atoms with Crippen molar-refractivity contribution in [3.05, 3.63) is 0 Å². The lowest BCUT2D eigenvalue weighted by atomic mass is 11.5. The summed E-state index contributed by atoms with van der Waals surface area (Å²) in [5, 5.41) is 0. The molecule has 1 N–H and O–H groups in total. The Morgan fingerprint density at radius 2 is 1.18 bits per heavy atom. The van der Waals surface area contributed by atoms with E-state index in [-0.39, 0.29) is 0 Å². The summed E-state index contributed by atoms with van der Waals surface area (Å²) in [6.07, 6.45) is 0. The van der Waals surface area contributed by atoms with E-state index in [4.69, 9.17) is 0 Å². The van der Waals surface area contributed by atoms with Crippen LogP contribution in [0.4, 0.5) is 26.3 Å². The van der Waals surface area contributed by atoms with E-state index < -0.39 is 21.5 Å². The lowest BCUT2D eigenvalue weighted by molar-refractivity contribution is -0.0804. The first-order chi connectivity index (χ1) is 4.71. The number of hydrogen-bond acceptors (Lipinski definition) is 2. The van der Waals surface area contributed by atoms with E-state index in [1.54, 1.807) is 0 Å². The van der Waals surface area contributed by atoms with E-state index in [0.717, 1.165) is 4.89 Å². The molecule has 1 aliphatic heterocycles. The fourth-order valence-corrected chi connectivity index (χ4v) is 1.27. The van der Waals surface area contributed by atoms with Crippen LogP contribution in [0.3, 0.4) is 0 Å². The van der Waals surface area contributed by atoms with Gasteiger partial charge in [-0.25, -0.2) is 4.28 Å². The average molecular weight is 201 g/mol. The van der Waals surface area contributed by atoms with Gasteiger partial charge in [-0.2, -0.15) is 26.3 Å². The molecule has 11 heavy (non-hydrogen) atoms. The molecule has 0 unspecified atom stereocenters. The van der Waals surface area contributed by atoms with Crippen LogP contribution in [0.25, 0.3) is 0 Å². The Kier molecular flexibility index (Phi) is 1.59. The summed E-state index contributed by atoms with van der Waals surface area (Å²) in [6.45, 7) is 0. The van der Waals surface area contributed by atoms with Gasteiger partial charge in [0.2, 0.25) is 0 Å². The molecular formula is C2HF6NOS. The normalized spacial score (nSPS) is 26.4. The van der Waals surface area contributed by atoms with E-state index in [2.05, 4.69) is 4.28 Å². The summed E-state index contributed by atoms with van der Waals surface area (Å²) in [5.41, 5.74) is -10.8. The van der Waals surface area contributed by atoms with E-state index in [1.165, 1.54) is 0 Å². The summed E-state index contributed by atoms with van der Waals surface area (Å²) in [6, 6.07) is 0. The summed E-state index contributed by atoms with van der Waals surface area (Å²) in [7, 11) is -5.01. The molecule has 0 radical (unpaired) electrons. The van der Waals surface area contributed by atoms with E-state index in [0.29, 0.717) is 0 Å². The van der Waals surface area contributed by atoms with Crippen LogP contribution in [0.5, 0.6) is 0 Å². The second-order valence-electron chi connectivity index (χ2n) is 1.61. The standard InChI is InChI=1S/C2HF6NOS/c3-1(4,5)11(9-10-11)2(6,7)8/h9H. The lowest BCUT2D eigenvalue weighted by Gasteiger charge is -2.19.